The number of aromatic nitrogens is 4. The standard InChI is InChI=1S/C13H18N6O3/c1-19-5-2-10(17-19)15-11(20)8-14-13-16-12(18-22-13)9-3-6-21-7-4-9/h2,5,9H,3-4,6-8H2,1H3,(H,14,16,18)(H,15,17,20). The number of amides is 1. The van der Waals surface area contributed by atoms with E-state index in [0.717, 1.165) is 12.8 Å². The number of nitrogens with one attached hydrogen (secondary N) is 2. The predicted molar refractivity (Wildman–Crippen MR) is 77.4 cm³/mol. The molecule has 3 heterocycles. The number of nitrogens with zero attached hydrogens (tertiary/aromatic N) is 4. The molecule has 0 bridgehead atoms. The van der Waals surface area contributed by atoms with Crippen LogP contribution in [0.4, 0.5) is 11.8 Å². The van der Waals surface area contributed by atoms with Gasteiger partial charge in [-0.15, -0.1) is 0 Å². The van der Waals surface area contributed by atoms with E-state index in [4.69, 9.17) is 9.26 Å². The summed E-state index contributed by atoms with van der Waals surface area (Å²) in [5, 5.41) is 13.5. The van der Waals surface area contributed by atoms with Crippen LogP contribution < -0.4 is 10.6 Å². The maximum Gasteiger partial charge on any atom is 0.321 e. The van der Waals surface area contributed by atoms with Crippen LogP contribution in [0.15, 0.2) is 16.8 Å². The van der Waals surface area contributed by atoms with Gasteiger partial charge in [-0.2, -0.15) is 10.1 Å². The molecule has 1 amide bonds. The van der Waals surface area contributed by atoms with Gasteiger partial charge in [0.25, 0.3) is 0 Å². The summed E-state index contributed by atoms with van der Waals surface area (Å²) in [5.74, 6) is 1.19. The van der Waals surface area contributed by atoms with E-state index in [0.29, 0.717) is 24.9 Å². The van der Waals surface area contributed by atoms with Gasteiger partial charge in [-0.05, 0) is 12.8 Å². The maximum absolute atomic E-state index is 11.8. The van der Waals surface area contributed by atoms with Crippen molar-refractivity contribution >= 4 is 17.7 Å². The molecule has 3 rings (SSSR count). The molecule has 2 N–H and O–H groups in total. The minimum absolute atomic E-state index is 0.0337. The molecule has 0 aliphatic carbocycles. The van der Waals surface area contributed by atoms with Crippen LogP contribution in [-0.2, 0) is 16.6 Å². The minimum Gasteiger partial charge on any atom is -0.381 e. The van der Waals surface area contributed by atoms with Crippen molar-refractivity contribution in [1.82, 2.24) is 19.9 Å². The molecule has 9 nitrogen and oxygen atoms in total. The second-order valence-corrected chi connectivity index (χ2v) is 5.12. The third kappa shape index (κ3) is 3.61. The monoisotopic (exact) mass is 306 g/mol. The quantitative estimate of drug-likeness (QED) is 0.839. The van der Waals surface area contributed by atoms with Gasteiger partial charge < -0.3 is 19.9 Å². The van der Waals surface area contributed by atoms with Gasteiger partial charge >= 0.3 is 6.01 Å². The molecule has 0 saturated carbocycles. The number of ether oxygens (including phenoxy) is 1. The fraction of sp³-hybridized carbons (Fsp3) is 0.538. The Kier molecular flexibility index (Phi) is 4.33. The Morgan fingerprint density at radius 3 is 3.00 bits per heavy atom. The van der Waals surface area contributed by atoms with Crippen LogP contribution in [0.5, 0.6) is 0 Å². The summed E-state index contributed by atoms with van der Waals surface area (Å²) in [6.45, 7) is 1.47. The van der Waals surface area contributed by atoms with E-state index in [1.54, 1.807) is 24.0 Å². The van der Waals surface area contributed by atoms with Crippen molar-refractivity contribution in [1.29, 1.82) is 0 Å². The molecule has 0 atom stereocenters. The molecule has 118 valence electrons. The first-order valence-corrected chi connectivity index (χ1v) is 7.15. The minimum atomic E-state index is -0.232. The Morgan fingerprint density at radius 1 is 1.45 bits per heavy atom. The largest absolute Gasteiger partial charge is 0.381 e. The number of hydrogen-bond donors (Lipinski definition) is 2. The van der Waals surface area contributed by atoms with Crippen molar-refractivity contribution in [3.8, 4) is 0 Å². The molecule has 9 heteroatoms. The van der Waals surface area contributed by atoms with Crippen molar-refractivity contribution in [2.75, 3.05) is 30.4 Å². The van der Waals surface area contributed by atoms with Crippen molar-refractivity contribution in [3.05, 3.63) is 18.1 Å². The molecule has 0 spiro atoms. The Bertz CT molecular complexity index is 631. The van der Waals surface area contributed by atoms with Crippen LogP contribution >= 0.6 is 0 Å². The summed E-state index contributed by atoms with van der Waals surface area (Å²) in [6.07, 6.45) is 3.53. The summed E-state index contributed by atoms with van der Waals surface area (Å²) in [7, 11) is 1.78. The molecule has 2 aromatic heterocycles. The van der Waals surface area contributed by atoms with Gasteiger partial charge in [0, 0.05) is 38.4 Å². The van der Waals surface area contributed by atoms with Crippen LogP contribution in [-0.4, -0.2) is 45.6 Å². The van der Waals surface area contributed by atoms with E-state index in [1.165, 1.54) is 0 Å². The van der Waals surface area contributed by atoms with Gasteiger partial charge in [-0.1, -0.05) is 5.16 Å². The predicted octanol–water partition coefficient (Wildman–Crippen LogP) is 0.748. The van der Waals surface area contributed by atoms with Gasteiger partial charge in [0.1, 0.15) is 0 Å². The number of carbonyl (C=O) groups is 1. The second-order valence-electron chi connectivity index (χ2n) is 5.12. The summed E-state index contributed by atoms with van der Waals surface area (Å²) >= 11 is 0. The van der Waals surface area contributed by atoms with Crippen LogP contribution in [0, 0.1) is 0 Å². The summed E-state index contributed by atoms with van der Waals surface area (Å²) in [6, 6.07) is 1.96. The highest BCUT2D eigenvalue weighted by Gasteiger charge is 2.21. The van der Waals surface area contributed by atoms with Gasteiger partial charge in [0.15, 0.2) is 11.6 Å². The summed E-state index contributed by atoms with van der Waals surface area (Å²) in [5.41, 5.74) is 0. The molecule has 1 fully saturated rings. The molecule has 1 saturated heterocycles. The number of hydrogen-bond acceptors (Lipinski definition) is 7. The fourth-order valence-electron chi connectivity index (χ4n) is 2.25. The van der Waals surface area contributed by atoms with E-state index >= 15 is 0 Å². The zero-order valence-electron chi connectivity index (χ0n) is 12.3. The molecule has 0 aromatic carbocycles. The lowest BCUT2D eigenvalue weighted by Crippen LogP contribution is -2.22. The summed E-state index contributed by atoms with van der Waals surface area (Å²) in [4.78, 5) is 16.0. The molecular weight excluding hydrogens is 288 g/mol. The second kappa shape index (κ2) is 6.56. The zero-order chi connectivity index (χ0) is 15.4. The third-order valence-corrected chi connectivity index (χ3v) is 3.41. The van der Waals surface area contributed by atoms with Gasteiger partial charge in [-0.3, -0.25) is 9.48 Å². The average molecular weight is 306 g/mol. The Labute approximate surface area is 127 Å². The Hall–Kier alpha value is -2.42. The first-order valence-electron chi connectivity index (χ1n) is 7.15. The molecule has 22 heavy (non-hydrogen) atoms. The lowest BCUT2D eigenvalue weighted by atomic mass is 10.00. The lowest BCUT2D eigenvalue weighted by molar-refractivity contribution is -0.114. The number of aryl methyl sites for hydroxylation is 1. The molecule has 0 unspecified atom stereocenters. The third-order valence-electron chi connectivity index (χ3n) is 3.41. The lowest BCUT2D eigenvalue weighted by Gasteiger charge is -2.18. The van der Waals surface area contributed by atoms with E-state index in [-0.39, 0.29) is 24.4 Å². The van der Waals surface area contributed by atoms with Gasteiger partial charge in [0.05, 0.1) is 6.54 Å². The van der Waals surface area contributed by atoms with Crippen LogP contribution in [0.25, 0.3) is 0 Å². The van der Waals surface area contributed by atoms with Gasteiger partial charge in [-0.25, -0.2) is 0 Å². The normalized spacial score (nSPS) is 15.7. The van der Waals surface area contributed by atoms with Crippen molar-refractivity contribution in [3.63, 3.8) is 0 Å². The molecule has 2 aromatic rings. The first kappa shape index (κ1) is 14.5. The van der Waals surface area contributed by atoms with E-state index < -0.39 is 0 Å². The SMILES string of the molecule is Cn1ccc(NC(=O)CNc2nc(C3CCOCC3)no2)n1. The highest BCUT2D eigenvalue weighted by molar-refractivity contribution is 5.92. The van der Waals surface area contributed by atoms with Crippen molar-refractivity contribution < 1.29 is 14.1 Å². The molecule has 0 radical (unpaired) electrons. The molecular formula is C13H18N6O3. The van der Waals surface area contributed by atoms with Crippen molar-refractivity contribution in [2.24, 2.45) is 7.05 Å². The number of carbonyl (C=O) groups excluding carboxylic acids is 1. The van der Waals surface area contributed by atoms with E-state index in [1.807, 2.05) is 0 Å². The molecule has 1 aliphatic heterocycles. The highest BCUT2D eigenvalue weighted by atomic mass is 16.5. The van der Waals surface area contributed by atoms with Gasteiger partial charge in [0.2, 0.25) is 5.91 Å². The average Bonchev–Trinajstić information content (AvgIpc) is 3.15. The summed E-state index contributed by atoms with van der Waals surface area (Å²) < 4.78 is 12.0. The smallest absolute Gasteiger partial charge is 0.321 e. The van der Waals surface area contributed by atoms with E-state index in [2.05, 4.69) is 25.9 Å². The van der Waals surface area contributed by atoms with Crippen LogP contribution in [0.3, 0.4) is 0 Å². The van der Waals surface area contributed by atoms with Crippen molar-refractivity contribution in [2.45, 2.75) is 18.8 Å². The molecule has 1 aliphatic rings. The first-order chi connectivity index (χ1) is 10.7. The van der Waals surface area contributed by atoms with E-state index in [9.17, 15) is 4.79 Å². The highest BCUT2D eigenvalue weighted by Crippen LogP contribution is 2.25. The Balaban J connectivity index is 1.49. The number of rotatable bonds is 5. The van der Waals surface area contributed by atoms with Crippen LogP contribution in [0.1, 0.15) is 24.6 Å². The van der Waals surface area contributed by atoms with Crippen LogP contribution in [0.2, 0.25) is 0 Å². The fourth-order valence-corrected chi connectivity index (χ4v) is 2.25. The Morgan fingerprint density at radius 2 is 2.27 bits per heavy atom. The maximum atomic E-state index is 11.8. The topological polar surface area (TPSA) is 107 Å². The zero-order valence-corrected chi connectivity index (χ0v) is 12.3. The number of anilines is 2.